The summed E-state index contributed by atoms with van der Waals surface area (Å²) in [5.41, 5.74) is 9.90. The van der Waals surface area contributed by atoms with E-state index in [-0.39, 0.29) is 5.82 Å². The minimum atomic E-state index is -2.68. The Balaban J connectivity index is 1.13. The lowest BCUT2D eigenvalue weighted by Gasteiger charge is -2.35. The van der Waals surface area contributed by atoms with Gasteiger partial charge in [0.2, 0.25) is 0 Å². The van der Waals surface area contributed by atoms with Crippen LogP contribution in [0.15, 0.2) is 243 Å². The summed E-state index contributed by atoms with van der Waals surface area (Å²) in [6, 6.07) is 85.6. The molecule has 272 valence electrons. The van der Waals surface area contributed by atoms with Crippen LogP contribution in [0.1, 0.15) is 0 Å². The molecule has 0 saturated heterocycles. The first-order valence-corrected chi connectivity index (χ1v) is 21.4. The van der Waals surface area contributed by atoms with Crippen LogP contribution in [-0.2, 0) is 0 Å². The van der Waals surface area contributed by atoms with Crippen LogP contribution in [0.25, 0.3) is 33.4 Å². The monoisotopic (exact) mass is 749 g/mol. The van der Waals surface area contributed by atoms with Gasteiger partial charge in [-0.2, -0.15) is 0 Å². The molecular formula is C54H40FNSi. The lowest BCUT2D eigenvalue weighted by Crippen LogP contribution is -2.74. The maximum absolute atomic E-state index is 13.8. The van der Waals surface area contributed by atoms with Gasteiger partial charge in [-0.1, -0.05) is 194 Å². The Morgan fingerprint density at radius 3 is 0.842 bits per heavy atom. The molecule has 0 amide bonds. The van der Waals surface area contributed by atoms with Crippen LogP contribution in [0.3, 0.4) is 0 Å². The maximum Gasteiger partial charge on any atom is 0.179 e. The first-order chi connectivity index (χ1) is 28.2. The highest BCUT2D eigenvalue weighted by Gasteiger charge is 2.41. The van der Waals surface area contributed by atoms with Gasteiger partial charge < -0.3 is 4.90 Å². The Kier molecular flexibility index (Phi) is 9.97. The normalized spacial score (nSPS) is 11.2. The minimum Gasteiger partial charge on any atom is -0.311 e. The second kappa shape index (κ2) is 16.0. The highest BCUT2D eigenvalue weighted by Crippen LogP contribution is 2.37. The van der Waals surface area contributed by atoms with Gasteiger partial charge in [-0.3, -0.25) is 0 Å². The van der Waals surface area contributed by atoms with Crippen LogP contribution in [-0.4, -0.2) is 8.07 Å². The highest BCUT2D eigenvalue weighted by molar-refractivity contribution is 7.19. The minimum absolute atomic E-state index is 0.237. The Hall–Kier alpha value is -7.07. The van der Waals surface area contributed by atoms with Crippen LogP contribution in [0.2, 0.25) is 0 Å². The van der Waals surface area contributed by atoms with E-state index in [1.54, 1.807) is 0 Å². The first-order valence-electron chi connectivity index (χ1n) is 19.4. The molecule has 57 heavy (non-hydrogen) atoms. The highest BCUT2D eigenvalue weighted by atomic mass is 28.3. The molecular weight excluding hydrogens is 710 g/mol. The van der Waals surface area contributed by atoms with E-state index >= 15 is 0 Å². The fourth-order valence-corrected chi connectivity index (χ4v) is 12.9. The zero-order valence-electron chi connectivity index (χ0n) is 31.4. The van der Waals surface area contributed by atoms with E-state index in [9.17, 15) is 4.39 Å². The molecule has 9 aromatic carbocycles. The number of rotatable bonds is 10. The summed E-state index contributed by atoms with van der Waals surface area (Å²) in [5, 5.41) is 5.35. The van der Waals surface area contributed by atoms with Gasteiger partial charge in [0.25, 0.3) is 0 Å². The molecule has 3 heteroatoms. The predicted molar refractivity (Wildman–Crippen MR) is 241 cm³/mol. The van der Waals surface area contributed by atoms with Crippen LogP contribution in [0.4, 0.5) is 21.5 Å². The molecule has 0 aromatic heterocycles. The maximum atomic E-state index is 13.8. The number of hydrogen-bond donors (Lipinski definition) is 0. The van der Waals surface area contributed by atoms with E-state index in [0.717, 1.165) is 33.8 Å². The SMILES string of the molecule is Fc1ccc(-c2ccc(N(c3ccc(-c4ccc(-c5ccccc5)cc4)cc3)c3ccc([Si](c4ccccc4)(c4ccccc4)c4ccccc4)cc3)cc2)cc1. The van der Waals surface area contributed by atoms with Crippen molar-refractivity contribution < 1.29 is 4.39 Å². The lowest BCUT2D eigenvalue weighted by atomic mass is 10.00. The molecule has 0 bridgehead atoms. The zero-order chi connectivity index (χ0) is 38.4. The van der Waals surface area contributed by atoms with Crippen molar-refractivity contribution in [2.45, 2.75) is 0 Å². The third-order valence-corrected chi connectivity index (χ3v) is 15.7. The molecule has 0 aliphatic rings. The van der Waals surface area contributed by atoms with E-state index in [1.165, 1.54) is 49.6 Å². The number of nitrogens with zero attached hydrogens (tertiary/aromatic N) is 1. The number of anilines is 3. The van der Waals surface area contributed by atoms with Gasteiger partial charge in [-0.05, 0) is 103 Å². The third kappa shape index (κ3) is 7.13. The Labute approximate surface area is 335 Å². The lowest BCUT2D eigenvalue weighted by molar-refractivity contribution is 0.628. The molecule has 9 aromatic rings. The number of halogens is 1. The number of benzene rings is 9. The van der Waals surface area contributed by atoms with E-state index in [0.29, 0.717) is 0 Å². The topological polar surface area (TPSA) is 3.24 Å². The van der Waals surface area contributed by atoms with Crippen LogP contribution < -0.4 is 25.6 Å². The molecule has 0 spiro atoms. The molecule has 0 fully saturated rings. The first kappa shape index (κ1) is 35.6. The molecule has 1 nitrogen and oxygen atoms in total. The van der Waals surface area contributed by atoms with Crippen molar-refractivity contribution >= 4 is 45.9 Å². The molecule has 0 saturated carbocycles. The molecule has 0 heterocycles. The fourth-order valence-electron chi connectivity index (χ4n) is 8.11. The second-order valence-electron chi connectivity index (χ2n) is 14.3. The summed E-state index contributed by atoms with van der Waals surface area (Å²) in [4.78, 5) is 2.32. The standard InChI is InChI=1S/C54H40FNSi/c55-47-31-25-44(26-32-47)46-29-35-49(36-30-46)56(48-33-27-45(28-34-48)43-23-21-42(22-24-43)41-13-5-1-6-14-41)50-37-39-54(40-38-50)57(51-15-7-2-8-16-51,52-17-9-3-10-18-52)53-19-11-4-12-20-53/h1-40H. The average molecular weight is 750 g/mol. The van der Waals surface area contributed by atoms with Crippen molar-refractivity contribution in [1.29, 1.82) is 0 Å². The summed E-state index contributed by atoms with van der Waals surface area (Å²) in [5.74, 6) is -0.237. The summed E-state index contributed by atoms with van der Waals surface area (Å²) in [6.45, 7) is 0. The molecule has 0 aliphatic heterocycles. The molecule has 0 unspecified atom stereocenters. The smallest absolute Gasteiger partial charge is 0.179 e. The largest absolute Gasteiger partial charge is 0.311 e. The molecule has 0 aliphatic carbocycles. The van der Waals surface area contributed by atoms with Gasteiger partial charge in [-0.15, -0.1) is 0 Å². The van der Waals surface area contributed by atoms with Crippen molar-refractivity contribution in [3.8, 4) is 33.4 Å². The Morgan fingerprint density at radius 1 is 0.246 bits per heavy atom. The van der Waals surface area contributed by atoms with Gasteiger partial charge in [-0.25, -0.2) is 4.39 Å². The van der Waals surface area contributed by atoms with Gasteiger partial charge in [0.15, 0.2) is 8.07 Å². The van der Waals surface area contributed by atoms with Gasteiger partial charge in [0.1, 0.15) is 5.82 Å². The summed E-state index contributed by atoms with van der Waals surface area (Å²) >= 11 is 0. The van der Waals surface area contributed by atoms with Crippen molar-refractivity contribution in [2.75, 3.05) is 4.90 Å². The Morgan fingerprint density at radius 2 is 0.491 bits per heavy atom. The van der Waals surface area contributed by atoms with E-state index in [4.69, 9.17) is 0 Å². The molecule has 9 rings (SSSR count). The van der Waals surface area contributed by atoms with Gasteiger partial charge in [0, 0.05) is 17.1 Å². The van der Waals surface area contributed by atoms with Crippen molar-refractivity contribution in [3.05, 3.63) is 248 Å². The van der Waals surface area contributed by atoms with Crippen LogP contribution in [0.5, 0.6) is 0 Å². The summed E-state index contributed by atoms with van der Waals surface area (Å²) in [7, 11) is -2.68. The van der Waals surface area contributed by atoms with E-state index < -0.39 is 8.07 Å². The average Bonchev–Trinajstić information content (AvgIpc) is 3.29. The summed E-state index contributed by atoms with van der Waals surface area (Å²) < 4.78 is 13.8. The number of hydrogen-bond acceptors (Lipinski definition) is 1. The third-order valence-electron chi connectivity index (χ3n) is 10.9. The fraction of sp³-hybridized carbons (Fsp3) is 0. The van der Waals surface area contributed by atoms with E-state index in [1.807, 2.05) is 18.2 Å². The molecule has 0 radical (unpaired) electrons. The van der Waals surface area contributed by atoms with Crippen molar-refractivity contribution in [2.24, 2.45) is 0 Å². The van der Waals surface area contributed by atoms with Gasteiger partial charge in [0.05, 0.1) is 0 Å². The summed E-state index contributed by atoms with van der Waals surface area (Å²) in [6.07, 6.45) is 0. The predicted octanol–water partition coefficient (Wildman–Crippen LogP) is 11.7. The van der Waals surface area contributed by atoms with Crippen LogP contribution in [0, 0.1) is 5.82 Å². The second-order valence-corrected chi connectivity index (χ2v) is 18.1. The molecule has 0 N–H and O–H groups in total. The van der Waals surface area contributed by atoms with Crippen molar-refractivity contribution in [1.82, 2.24) is 0 Å². The Bertz CT molecular complexity index is 2570. The van der Waals surface area contributed by atoms with E-state index in [2.05, 4.69) is 217 Å². The quantitative estimate of drug-likeness (QED) is 0.0994. The zero-order valence-corrected chi connectivity index (χ0v) is 32.4. The van der Waals surface area contributed by atoms with Crippen LogP contribution >= 0.6 is 0 Å². The molecule has 0 atom stereocenters. The van der Waals surface area contributed by atoms with Crippen molar-refractivity contribution in [3.63, 3.8) is 0 Å². The van der Waals surface area contributed by atoms with Gasteiger partial charge >= 0.3 is 0 Å².